The monoisotopic (exact) mass is 394 g/mol. The highest BCUT2D eigenvalue weighted by molar-refractivity contribution is 7.80. The van der Waals surface area contributed by atoms with Crippen LogP contribution in [0.5, 0.6) is 0 Å². The lowest BCUT2D eigenvalue weighted by Gasteiger charge is -2.24. The lowest BCUT2D eigenvalue weighted by atomic mass is 10.0. The van der Waals surface area contributed by atoms with Crippen LogP contribution in [0.3, 0.4) is 0 Å². The van der Waals surface area contributed by atoms with E-state index in [0.29, 0.717) is 10.9 Å². The lowest BCUT2D eigenvalue weighted by Crippen LogP contribution is -2.29. The Hall–Kier alpha value is -3.26. The highest BCUT2D eigenvalue weighted by atomic mass is 32.1. The van der Waals surface area contributed by atoms with Gasteiger partial charge in [0.05, 0.1) is 16.7 Å². The van der Waals surface area contributed by atoms with Gasteiger partial charge in [-0.3, -0.25) is 15.1 Å². The second-order valence-electron chi connectivity index (χ2n) is 6.42. The first-order valence-corrected chi connectivity index (χ1v) is 9.32. The molecule has 8 heteroatoms. The number of nitro groups is 1. The first kappa shape index (κ1) is 18.1. The number of nitrogens with zero attached hydrogens (tertiary/aromatic N) is 3. The SMILES string of the molecule is CCN1C(=S)NC(c2ccccn2)C1c1ccc(-c2ccc([N+](=O)[O-])cc2)o1. The van der Waals surface area contributed by atoms with E-state index in [1.165, 1.54) is 12.1 Å². The average Bonchev–Trinajstić information content (AvgIpc) is 3.33. The van der Waals surface area contributed by atoms with E-state index >= 15 is 0 Å². The number of rotatable bonds is 5. The maximum absolute atomic E-state index is 10.8. The first-order chi connectivity index (χ1) is 13.6. The van der Waals surface area contributed by atoms with Crippen LogP contribution in [0, 0.1) is 10.1 Å². The van der Waals surface area contributed by atoms with E-state index in [-0.39, 0.29) is 17.8 Å². The van der Waals surface area contributed by atoms with E-state index in [1.54, 1.807) is 18.3 Å². The number of nitro benzene ring substituents is 1. The van der Waals surface area contributed by atoms with Gasteiger partial charge in [-0.1, -0.05) is 6.07 Å². The number of hydrogen-bond donors (Lipinski definition) is 1. The summed E-state index contributed by atoms with van der Waals surface area (Å²) < 4.78 is 6.15. The Morgan fingerprint density at radius 1 is 1.21 bits per heavy atom. The molecule has 4 rings (SSSR count). The van der Waals surface area contributed by atoms with Crippen molar-refractivity contribution in [3.8, 4) is 11.3 Å². The van der Waals surface area contributed by atoms with Gasteiger partial charge < -0.3 is 14.6 Å². The molecule has 1 saturated heterocycles. The van der Waals surface area contributed by atoms with Crippen molar-refractivity contribution in [2.24, 2.45) is 0 Å². The van der Waals surface area contributed by atoms with Crippen LogP contribution in [0.1, 0.15) is 30.5 Å². The molecule has 3 heterocycles. The summed E-state index contributed by atoms with van der Waals surface area (Å²) in [5, 5.41) is 14.9. The Morgan fingerprint density at radius 2 is 2.00 bits per heavy atom. The predicted octanol–water partition coefficient (Wildman–Crippen LogP) is 4.24. The molecule has 7 nitrogen and oxygen atoms in total. The van der Waals surface area contributed by atoms with Gasteiger partial charge in [0.1, 0.15) is 17.6 Å². The Morgan fingerprint density at radius 3 is 2.64 bits per heavy atom. The summed E-state index contributed by atoms with van der Waals surface area (Å²) in [6.45, 7) is 2.77. The third-order valence-corrected chi connectivity index (χ3v) is 5.17. The molecule has 1 aromatic carbocycles. The Kier molecular flexibility index (Phi) is 4.79. The van der Waals surface area contributed by atoms with Crippen LogP contribution in [0.25, 0.3) is 11.3 Å². The fourth-order valence-corrected chi connectivity index (χ4v) is 3.84. The van der Waals surface area contributed by atoms with Crippen molar-refractivity contribution >= 4 is 23.0 Å². The van der Waals surface area contributed by atoms with Gasteiger partial charge in [-0.05, 0) is 55.5 Å². The van der Waals surface area contributed by atoms with Gasteiger partial charge in [0.15, 0.2) is 5.11 Å². The van der Waals surface area contributed by atoms with E-state index in [1.807, 2.05) is 37.3 Å². The zero-order chi connectivity index (χ0) is 19.7. The summed E-state index contributed by atoms with van der Waals surface area (Å²) in [5.41, 5.74) is 1.72. The van der Waals surface area contributed by atoms with Crippen molar-refractivity contribution < 1.29 is 9.34 Å². The molecule has 3 aromatic rings. The average molecular weight is 394 g/mol. The minimum Gasteiger partial charge on any atom is -0.459 e. The number of thiocarbonyl (C=S) groups is 1. The van der Waals surface area contributed by atoms with E-state index < -0.39 is 4.92 Å². The third kappa shape index (κ3) is 3.22. The van der Waals surface area contributed by atoms with E-state index in [4.69, 9.17) is 16.6 Å². The van der Waals surface area contributed by atoms with Crippen LogP contribution in [0.15, 0.2) is 65.2 Å². The van der Waals surface area contributed by atoms with Gasteiger partial charge in [0.2, 0.25) is 0 Å². The maximum Gasteiger partial charge on any atom is 0.269 e. The van der Waals surface area contributed by atoms with Crippen LogP contribution >= 0.6 is 12.2 Å². The molecule has 2 unspecified atom stereocenters. The normalized spacial score (nSPS) is 18.9. The van der Waals surface area contributed by atoms with Crippen LogP contribution in [-0.4, -0.2) is 26.5 Å². The van der Waals surface area contributed by atoms with Crippen molar-refractivity contribution in [1.29, 1.82) is 0 Å². The molecule has 2 atom stereocenters. The van der Waals surface area contributed by atoms with Gasteiger partial charge in [-0.25, -0.2) is 0 Å². The van der Waals surface area contributed by atoms with Crippen LogP contribution in [0.2, 0.25) is 0 Å². The summed E-state index contributed by atoms with van der Waals surface area (Å²) in [5.74, 6) is 1.41. The Balaban J connectivity index is 1.68. The number of hydrogen-bond acceptors (Lipinski definition) is 5. The molecule has 0 aliphatic carbocycles. The third-order valence-electron chi connectivity index (χ3n) is 4.82. The topological polar surface area (TPSA) is 84.4 Å². The molecule has 0 spiro atoms. The number of aromatic nitrogens is 1. The van der Waals surface area contributed by atoms with E-state index in [9.17, 15) is 10.1 Å². The summed E-state index contributed by atoms with van der Waals surface area (Å²) in [7, 11) is 0. The molecular formula is C20H18N4O3S. The minimum atomic E-state index is -0.418. The highest BCUT2D eigenvalue weighted by Crippen LogP contribution is 2.40. The fourth-order valence-electron chi connectivity index (χ4n) is 3.47. The van der Waals surface area contributed by atoms with Crippen molar-refractivity contribution in [3.63, 3.8) is 0 Å². The highest BCUT2D eigenvalue weighted by Gasteiger charge is 2.40. The number of non-ortho nitro benzene ring substituents is 1. The summed E-state index contributed by atoms with van der Waals surface area (Å²) in [6, 6.07) is 15.7. The van der Waals surface area contributed by atoms with Crippen molar-refractivity contribution in [3.05, 3.63) is 82.4 Å². The van der Waals surface area contributed by atoms with Gasteiger partial charge in [-0.15, -0.1) is 0 Å². The summed E-state index contributed by atoms with van der Waals surface area (Å²) in [4.78, 5) is 17.0. The predicted molar refractivity (Wildman–Crippen MR) is 109 cm³/mol. The standard InChI is InChI=1S/C20H18N4O3S/c1-2-23-19(18(22-20(23)28)15-5-3-4-12-21-15)17-11-10-16(27-17)13-6-8-14(9-7-13)24(25)26/h3-12,18-19H,2H2,1H3,(H,22,28). The number of nitrogens with one attached hydrogen (secondary N) is 1. The molecule has 1 N–H and O–H groups in total. The first-order valence-electron chi connectivity index (χ1n) is 8.91. The maximum atomic E-state index is 10.8. The van der Waals surface area contributed by atoms with Crippen molar-refractivity contribution in [2.45, 2.75) is 19.0 Å². The number of likely N-dealkylation sites (N-methyl/N-ethyl adjacent to an activating group) is 1. The van der Waals surface area contributed by atoms with Gasteiger partial charge in [0.25, 0.3) is 5.69 Å². The molecule has 1 aliphatic heterocycles. The van der Waals surface area contributed by atoms with Gasteiger partial charge in [0, 0.05) is 30.4 Å². The molecule has 2 aromatic heterocycles. The second kappa shape index (κ2) is 7.40. The second-order valence-corrected chi connectivity index (χ2v) is 6.81. The number of furan rings is 1. The van der Waals surface area contributed by atoms with Gasteiger partial charge >= 0.3 is 0 Å². The molecule has 1 aliphatic rings. The van der Waals surface area contributed by atoms with Crippen molar-refractivity contribution in [1.82, 2.24) is 15.2 Å². The smallest absolute Gasteiger partial charge is 0.269 e. The molecule has 1 fully saturated rings. The van der Waals surface area contributed by atoms with Crippen molar-refractivity contribution in [2.75, 3.05) is 6.54 Å². The van der Waals surface area contributed by atoms with E-state index in [0.717, 1.165) is 23.6 Å². The Labute approximate surface area is 167 Å². The van der Waals surface area contributed by atoms with Gasteiger partial charge in [-0.2, -0.15) is 0 Å². The Bertz CT molecular complexity index is 1000. The number of pyridine rings is 1. The molecule has 0 amide bonds. The molecule has 142 valence electrons. The van der Waals surface area contributed by atoms with E-state index in [2.05, 4.69) is 15.2 Å². The summed E-state index contributed by atoms with van der Waals surface area (Å²) >= 11 is 5.51. The number of benzene rings is 1. The zero-order valence-electron chi connectivity index (χ0n) is 15.1. The minimum absolute atomic E-state index is 0.0493. The molecule has 28 heavy (non-hydrogen) atoms. The zero-order valence-corrected chi connectivity index (χ0v) is 15.9. The largest absolute Gasteiger partial charge is 0.459 e. The van der Waals surface area contributed by atoms with Crippen LogP contribution < -0.4 is 5.32 Å². The fraction of sp³-hybridized carbons (Fsp3) is 0.200. The van der Waals surface area contributed by atoms with Crippen LogP contribution in [0.4, 0.5) is 5.69 Å². The quantitative estimate of drug-likeness (QED) is 0.393. The lowest BCUT2D eigenvalue weighted by molar-refractivity contribution is -0.384. The van der Waals surface area contributed by atoms with Crippen LogP contribution in [-0.2, 0) is 0 Å². The molecule has 0 bridgehead atoms. The molecule has 0 saturated carbocycles. The molecule has 0 radical (unpaired) electrons. The molecular weight excluding hydrogens is 376 g/mol. The summed E-state index contributed by atoms with van der Waals surface area (Å²) in [6.07, 6.45) is 1.76.